The lowest BCUT2D eigenvalue weighted by Crippen LogP contribution is -2.49. The molecule has 1 aliphatic carbocycles. The summed E-state index contributed by atoms with van der Waals surface area (Å²) >= 11 is 5.11. The van der Waals surface area contributed by atoms with Gasteiger partial charge in [0, 0.05) is 13.2 Å². The number of benzene rings is 1. The number of aryl methyl sites for hydroxylation is 2. The standard InChI is InChI=1S/C17H23N3O3S/c21-16(19-20-17(24)18-10-15-5-2-8-22-15)11-23-14-7-6-12-3-1-4-13(12)9-14/h6-7,9,15H,1-5,8,10-11H2,(H,19,21)(H2,18,20,24). The van der Waals surface area contributed by atoms with E-state index >= 15 is 0 Å². The molecule has 3 N–H and O–H groups in total. The maximum absolute atomic E-state index is 11.8. The zero-order valence-electron chi connectivity index (χ0n) is 13.6. The zero-order chi connectivity index (χ0) is 16.8. The lowest BCUT2D eigenvalue weighted by molar-refractivity contribution is -0.123. The molecule has 0 radical (unpaired) electrons. The summed E-state index contributed by atoms with van der Waals surface area (Å²) in [6.07, 6.45) is 5.74. The second kappa shape index (κ2) is 8.30. The fourth-order valence-electron chi connectivity index (χ4n) is 3.01. The van der Waals surface area contributed by atoms with Gasteiger partial charge in [-0.05, 0) is 67.6 Å². The van der Waals surface area contributed by atoms with Gasteiger partial charge in [-0.15, -0.1) is 0 Å². The molecule has 1 amide bonds. The molecule has 0 bridgehead atoms. The first-order chi connectivity index (χ1) is 11.7. The summed E-state index contributed by atoms with van der Waals surface area (Å²) in [5.41, 5.74) is 7.90. The smallest absolute Gasteiger partial charge is 0.276 e. The Morgan fingerprint density at radius 3 is 2.96 bits per heavy atom. The molecule has 1 aromatic rings. The molecule has 2 aliphatic rings. The van der Waals surface area contributed by atoms with Crippen molar-refractivity contribution in [2.24, 2.45) is 0 Å². The Morgan fingerprint density at radius 2 is 2.12 bits per heavy atom. The van der Waals surface area contributed by atoms with Crippen LogP contribution in [0, 0.1) is 0 Å². The third kappa shape index (κ3) is 4.82. The summed E-state index contributed by atoms with van der Waals surface area (Å²) in [5.74, 6) is 0.446. The minimum absolute atomic E-state index is 0.0554. The molecule has 1 saturated heterocycles. The van der Waals surface area contributed by atoms with Gasteiger partial charge >= 0.3 is 0 Å². The van der Waals surface area contributed by atoms with Crippen molar-refractivity contribution in [3.63, 3.8) is 0 Å². The number of carbonyl (C=O) groups excluding carboxylic acids is 1. The molecule has 6 nitrogen and oxygen atoms in total. The van der Waals surface area contributed by atoms with E-state index in [0.717, 1.165) is 38.0 Å². The average molecular weight is 349 g/mol. The van der Waals surface area contributed by atoms with Crippen LogP contribution in [0.4, 0.5) is 0 Å². The lowest BCUT2D eigenvalue weighted by Gasteiger charge is -2.14. The summed E-state index contributed by atoms with van der Waals surface area (Å²) in [6.45, 7) is 1.40. The normalized spacial score (nSPS) is 18.8. The molecule has 7 heteroatoms. The summed E-state index contributed by atoms with van der Waals surface area (Å²) < 4.78 is 11.0. The van der Waals surface area contributed by atoms with E-state index in [0.29, 0.717) is 11.7 Å². The highest BCUT2D eigenvalue weighted by atomic mass is 32.1. The molecular formula is C17H23N3O3S. The van der Waals surface area contributed by atoms with E-state index in [1.54, 1.807) is 0 Å². The van der Waals surface area contributed by atoms with E-state index in [4.69, 9.17) is 21.7 Å². The minimum Gasteiger partial charge on any atom is -0.484 e. The molecule has 0 saturated carbocycles. The van der Waals surface area contributed by atoms with Crippen LogP contribution in [0.25, 0.3) is 0 Å². The van der Waals surface area contributed by atoms with Gasteiger partial charge in [0.05, 0.1) is 6.10 Å². The van der Waals surface area contributed by atoms with E-state index in [1.807, 2.05) is 12.1 Å². The summed E-state index contributed by atoms with van der Waals surface area (Å²) in [6, 6.07) is 6.02. The van der Waals surface area contributed by atoms with Crippen molar-refractivity contribution < 1.29 is 14.3 Å². The van der Waals surface area contributed by atoms with Gasteiger partial charge in [0.1, 0.15) is 5.75 Å². The molecule has 1 fully saturated rings. The van der Waals surface area contributed by atoms with Gasteiger partial charge in [0.25, 0.3) is 5.91 Å². The number of rotatable bonds is 5. The third-order valence-electron chi connectivity index (χ3n) is 4.27. The van der Waals surface area contributed by atoms with Crippen LogP contribution in [0.5, 0.6) is 5.75 Å². The zero-order valence-corrected chi connectivity index (χ0v) is 14.4. The van der Waals surface area contributed by atoms with Crippen molar-refractivity contribution in [3.05, 3.63) is 29.3 Å². The van der Waals surface area contributed by atoms with Crippen LogP contribution < -0.4 is 20.9 Å². The number of amides is 1. The molecule has 0 spiro atoms. The third-order valence-corrected chi connectivity index (χ3v) is 4.52. The Labute approximate surface area is 147 Å². The van der Waals surface area contributed by atoms with E-state index < -0.39 is 0 Å². The highest BCUT2D eigenvalue weighted by Crippen LogP contribution is 2.25. The van der Waals surface area contributed by atoms with Crippen LogP contribution in [-0.2, 0) is 22.4 Å². The molecule has 3 rings (SSSR count). The minimum atomic E-state index is -0.281. The molecule has 1 atom stereocenters. The number of nitrogens with one attached hydrogen (secondary N) is 3. The van der Waals surface area contributed by atoms with Gasteiger partial charge in [-0.2, -0.15) is 0 Å². The van der Waals surface area contributed by atoms with Crippen LogP contribution in [0.15, 0.2) is 18.2 Å². The Morgan fingerprint density at radius 1 is 1.25 bits per heavy atom. The van der Waals surface area contributed by atoms with E-state index in [-0.39, 0.29) is 18.6 Å². The van der Waals surface area contributed by atoms with Crippen molar-refractivity contribution in [2.75, 3.05) is 19.8 Å². The summed E-state index contributed by atoms with van der Waals surface area (Å²) in [5, 5.41) is 3.39. The van der Waals surface area contributed by atoms with Gasteiger partial charge in [-0.1, -0.05) is 6.07 Å². The van der Waals surface area contributed by atoms with Crippen molar-refractivity contribution >= 4 is 23.2 Å². The number of hydrogen-bond acceptors (Lipinski definition) is 4. The first kappa shape index (κ1) is 17.0. The molecule has 0 aromatic heterocycles. The Balaban J connectivity index is 1.32. The molecule has 1 aliphatic heterocycles. The van der Waals surface area contributed by atoms with Crippen LogP contribution in [0.2, 0.25) is 0 Å². The first-order valence-corrected chi connectivity index (χ1v) is 8.80. The van der Waals surface area contributed by atoms with Crippen LogP contribution in [-0.4, -0.2) is 36.9 Å². The molecule has 24 heavy (non-hydrogen) atoms. The topological polar surface area (TPSA) is 71.6 Å². The monoisotopic (exact) mass is 349 g/mol. The molecule has 1 unspecified atom stereocenters. The van der Waals surface area contributed by atoms with E-state index in [1.165, 1.54) is 17.5 Å². The van der Waals surface area contributed by atoms with Gasteiger partial charge < -0.3 is 14.8 Å². The maximum Gasteiger partial charge on any atom is 0.276 e. The fraction of sp³-hybridized carbons (Fsp3) is 0.529. The highest BCUT2D eigenvalue weighted by molar-refractivity contribution is 7.80. The SMILES string of the molecule is O=C(COc1ccc2c(c1)CCC2)NNC(=S)NCC1CCCO1. The van der Waals surface area contributed by atoms with Crippen LogP contribution >= 0.6 is 12.2 Å². The summed E-state index contributed by atoms with van der Waals surface area (Å²) in [4.78, 5) is 11.8. The fourth-order valence-corrected chi connectivity index (χ4v) is 3.14. The van der Waals surface area contributed by atoms with E-state index in [2.05, 4.69) is 22.2 Å². The molecular weight excluding hydrogens is 326 g/mol. The average Bonchev–Trinajstić information content (AvgIpc) is 3.26. The van der Waals surface area contributed by atoms with Crippen molar-refractivity contribution in [1.82, 2.24) is 16.2 Å². The number of fused-ring (bicyclic) bond motifs is 1. The Bertz CT molecular complexity index is 603. The quantitative estimate of drug-likeness (QED) is 0.549. The second-order valence-electron chi connectivity index (χ2n) is 6.09. The van der Waals surface area contributed by atoms with Gasteiger partial charge in [0.2, 0.25) is 0 Å². The van der Waals surface area contributed by atoms with Gasteiger partial charge in [-0.25, -0.2) is 0 Å². The molecule has 1 aromatic carbocycles. The largest absolute Gasteiger partial charge is 0.484 e. The Hall–Kier alpha value is -1.86. The number of thiocarbonyl (C=S) groups is 1. The lowest BCUT2D eigenvalue weighted by atomic mass is 10.1. The predicted molar refractivity (Wildman–Crippen MR) is 94.8 cm³/mol. The number of hydrazine groups is 1. The Kier molecular flexibility index (Phi) is 5.87. The van der Waals surface area contributed by atoms with Crippen LogP contribution in [0.1, 0.15) is 30.4 Å². The molecule has 130 valence electrons. The summed E-state index contributed by atoms with van der Waals surface area (Å²) in [7, 11) is 0. The van der Waals surface area contributed by atoms with Crippen molar-refractivity contribution in [1.29, 1.82) is 0 Å². The van der Waals surface area contributed by atoms with Gasteiger partial charge in [0.15, 0.2) is 11.7 Å². The number of carbonyl (C=O) groups is 1. The van der Waals surface area contributed by atoms with Crippen molar-refractivity contribution in [3.8, 4) is 5.75 Å². The number of hydrogen-bond donors (Lipinski definition) is 3. The van der Waals surface area contributed by atoms with Gasteiger partial charge in [-0.3, -0.25) is 15.6 Å². The second-order valence-corrected chi connectivity index (χ2v) is 6.50. The highest BCUT2D eigenvalue weighted by Gasteiger charge is 2.15. The molecule has 1 heterocycles. The van der Waals surface area contributed by atoms with E-state index in [9.17, 15) is 4.79 Å². The maximum atomic E-state index is 11.8. The van der Waals surface area contributed by atoms with Crippen molar-refractivity contribution in [2.45, 2.75) is 38.2 Å². The van der Waals surface area contributed by atoms with Crippen LogP contribution in [0.3, 0.4) is 0 Å². The number of ether oxygens (including phenoxy) is 2. The first-order valence-electron chi connectivity index (χ1n) is 8.39. The predicted octanol–water partition coefficient (Wildman–Crippen LogP) is 1.23.